The summed E-state index contributed by atoms with van der Waals surface area (Å²) in [6.45, 7) is 1.92. The maximum absolute atomic E-state index is 12.6. The Hall–Kier alpha value is -2.66. The number of nitrogens with zero attached hydrogens (tertiary/aromatic N) is 2. The van der Waals surface area contributed by atoms with Gasteiger partial charge in [0.1, 0.15) is 0 Å². The van der Waals surface area contributed by atoms with Crippen molar-refractivity contribution in [1.29, 1.82) is 0 Å². The molecule has 0 saturated heterocycles. The standard InChI is InChI=1S/C24H30N4O/c25-17-24(11-4-1-5-12-24)14-23(29)26-15-19-7-6-8-20(13-19)16-28-18-27-21-9-2-3-10-22(21)28/h2-3,6-10,13,18H,1,4-5,11-12,14-17,25H2,(H,26,29). The number of para-hydroxylation sites is 2. The number of hydrogen-bond acceptors (Lipinski definition) is 3. The number of imidazole rings is 1. The van der Waals surface area contributed by atoms with Gasteiger partial charge in [0.2, 0.25) is 5.91 Å². The lowest BCUT2D eigenvalue weighted by Crippen LogP contribution is -2.38. The van der Waals surface area contributed by atoms with Gasteiger partial charge in [0, 0.05) is 19.5 Å². The molecule has 2 aromatic carbocycles. The van der Waals surface area contributed by atoms with Crippen molar-refractivity contribution in [2.45, 2.75) is 51.6 Å². The Morgan fingerprint density at radius 3 is 2.69 bits per heavy atom. The highest BCUT2D eigenvalue weighted by Gasteiger charge is 2.32. The molecule has 152 valence electrons. The molecule has 1 amide bonds. The fourth-order valence-corrected chi connectivity index (χ4v) is 4.53. The monoisotopic (exact) mass is 390 g/mol. The minimum absolute atomic E-state index is 0.00661. The van der Waals surface area contributed by atoms with Gasteiger partial charge in [-0.1, -0.05) is 55.7 Å². The molecule has 0 bridgehead atoms. The van der Waals surface area contributed by atoms with E-state index in [1.807, 2.05) is 24.5 Å². The number of nitrogens with one attached hydrogen (secondary N) is 1. The van der Waals surface area contributed by atoms with Gasteiger partial charge in [0.05, 0.1) is 17.4 Å². The molecule has 1 fully saturated rings. The van der Waals surface area contributed by atoms with Crippen molar-refractivity contribution in [1.82, 2.24) is 14.9 Å². The Morgan fingerprint density at radius 1 is 1.07 bits per heavy atom. The fourth-order valence-electron chi connectivity index (χ4n) is 4.53. The van der Waals surface area contributed by atoms with Gasteiger partial charge in [-0.3, -0.25) is 4.79 Å². The van der Waals surface area contributed by atoms with Crippen LogP contribution in [0.4, 0.5) is 0 Å². The zero-order valence-electron chi connectivity index (χ0n) is 16.9. The molecular weight excluding hydrogens is 360 g/mol. The molecule has 1 aliphatic rings. The van der Waals surface area contributed by atoms with Crippen LogP contribution >= 0.6 is 0 Å². The van der Waals surface area contributed by atoms with E-state index in [1.165, 1.54) is 24.8 Å². The number of rotatable bonds is 7. The molecule has 3 N–H and O–H groups in total. The van der Waals surface area contributed by atoms with Crippen LogP contribution in [0.3, 0.4) is 0 Å². The molecule has 1 aliphatic carbocycles. The van der Waals surface area contributed by atoms with Crippen LogP contribution in [0.15, 0.2) is 54.9 Å². The Bertz CT molecular complexity index is 972. The molecule has 29 heavy (non-hydrogen) atoms. The first-order valence-electron chi connectivity index (χ1n) is 10.6. The second kappa shape index (κ2) is 8.78. The SMILES string of the molecule is NCC1(CC(=O)NCc2cccc(Cn3cnc4ccccc43)c2)CCCCC1. The van der Waals surface area contributed by atoms with Crippen LogP contribution in [0.1, 0.15) is 49.7 Å². The van der Waals surface area contributed by atoms with Crippen LogP contribution in [-0.2, 0) is 17.9 Å². The summed E-state index contributed by atoms with van der Waals surface area (Å²) >= 11 is 0. The Morgan fingerprint density at radius 2 is 1.86 bits per heavy atom. The molecule has 1 saturated carbocycles. The van der Waals surface area contributed by atoms with Gasteiger partial charge in [0.25, 0.3) is 0 Å². The van der Waals surface area contributed by atoms with Gasteiger partial charge in [-0.15, -0.1) is 0 Å². The van der Waals surface area contributed by atoms with Gasteiger partial charge in [-0.05, 0) is 48.1 Å². The molecule has 0 atom stereocenters. The van der Waals surface area contributed by atoms with E-state index in [4.69, 9.17) is 5.73 Å². The van der Waals surface area contributed by atoms with Crippen LogP contribution in [0.25, 0.3) is 11.0 Å². The smallest absolute Gasteiger partial charge is 0.220 e. The van der Waals surface area contributed by atoms with E-state index >= 15 is 0 Å². The first kappa shape index (κ1) is 19.6. The minimum atomic E-state index is 0.00661. The summed E-state index contributed by atoms with van der Waals surface area (Å²) < 4.78 is 2.15. The second-order valence-corrected chi connectivity index (χ2v) is 8.40. The Balaban J connectivity index is 1.37. The largest absolute Gasteiger partial charge is 0.352 e. The zero-order valence-corrected chi connectivity index (χ0v) is 16.9. The third-order valence-electron chi connectivity index (χ3n) is 6.24. The van der Waals surface area contributed by atoms with Gasteiger partial charge in [-0.25, -0.2) is 4.98 Å². The lowest BCUT2D eigenvalue weighted by atomic mass is 9.71. The average molecular weight is 391 g/mol. The summed E-state index contributed by atoms with van der Waals surface area (Å²) in [6.07, 6.45) is 8.23. The minimum Gasteiger partial charge on any atom is -0.352 e. The van der Waals surface area contributed by atoms with Gasteiger partial charge in [-0.2, -0.15) is 0 Å². The van der Waals surface area contributed by atoms with Gasteiger partial charge >= 0.3 is 0 Å². The number of fused-ring (bicyclic) bond motifs is 1. The molecule has 0 spiro atoms. The first-order chi connectivity index (χ1) is 14.2. The molecule has 4 rings (SSSR count). The van der Waals surface area contributed by atoms with E-state index in [9.17, 15) is 4.79 Å². The van der Waals surface area contributed by atoms with E-state index in [-0.39, 0.29) is 11.3 Å². The van der Waals surface area contributed by atoms with Crippen LogP contribution in [-0.4, -0.2) is 22.0 Å². The van der Waals surface area contributed by atoms with Crippen molar-refractivity contribution in [2.75, 3.05) is 6.54 Å². The summed E-state index contributed by atoms with van der Waals surface area (Å²) in [5.74, 6) is 0.114. The quantitative estimate of drug-likeness (QED) is 0.640. The summed E-state index contributed by atoms with van der Waals surface area (Å²) in [4.78, 5) is 17.0. The predicted octanol–water partition coefficient (Wildman–Crippen LogP) is 4.00. The molecule has 0 unspecified atom stereocenters. The number of aromatic nitrogens is 2. The van der Waals surface area contributed by atoms with Crippen LogP contribution in [0.5, 0.6) is 0 Å². The van der Waals surface area contributed by atoms with E-state index in [1.54, 1.807) is 0 Å². The van der Waals surface area contributed by atoms with E-state index < -0.39 is 0 Å². The molecule has 1 heterocycles. The first-order valence-corrected chi connectivity index (χ1v) is 10.6. The van der Waals surface area contributed by atoms with Crippen molar-refractivity contribution < 1.29 is 4.79 Å². The van der Waals surface area contributed by atoms with Gasteiger partial charge in [0.15, 0.2) is 0 Å². The highest BCUT2D eigenvalue weighted by Crippen LogP contribution is 2.38. The molecule has 5 nitrogen and oxygen atoms in total. The maximum Gasteiger partial charge on any atom is 0.220 e. The van der Waals surface area contributed by atoms with E-state index in [0.29, 0.717) is 19.5 Å². The predicted molar refractivity (Wildman–Crippen MR) is 116 cm³/mol. The summed E-state index contributed by atoms with van der Waals surface area (Å²) in [5, 5.41) is 3.11. The topological polar surface area (TPSA) is 72.9 Å². The summed E-state index contributed by atoms with van der Waals surface area (Å²) in [7, 11) is 0. The summed E-state index contributed by atoms with van der Waals surface area (Å²) in [5.41, 5.74) is 10.5. The maximum atomic E-state index is 12.6. The lowest BCUT2D eigenvalue weighted by molar-refractivity contribution is -0.124. The Labute approximate surface area is 172 Å². The van der Waals surface area contributed by atoms with Crippen LogP contribution < -0.4 is 11.1 Å². The number of amides is 1. The molecule has 0 radical (unpaired) electrons. The molecular formula is C24H30N4O. The summed E-state index contributed by atoms with van der Waals surface area (Å²) in [6, 6.07) is 16.6. The number of carbonyl (C=O) groups is 1. The lowest BCUT2D eigenvalue weighted by Gasteiger charge is -2.35. The fraction of sp³-hybridized carbons (Fsp3) is 0.417. The van der Waals surface area contributed by atoms with Gasteiger partial charge < -0.3 is 15.6 Å². The third kappa shape index (κ3) is 4.67. The van der Waals surface area contributed by atoms with E-state index in [2.05, 4.69) is 45.2 Å². The molecule has 0 aliphatic heterocycles. The van der Waals surface area contributed by atoms with Crippen molar-refractivity contribution in [3.63, 3.8) is 0 Å². The zero-order chi connectivity index (χ0) is 20.1. The highest BCUT2D eigenvalue weighted by atomic mass is 16.1. The molecule has 5 heteroatoms. The average Bonchev–Trinajstić information content (AvgIpc) is 3.16. The van der Waals surface area contributed by atoms with Crippen LogP contribution in [0, 0.1) is 5.41 Å². The molecule has 3 aromatic rings. The van der Waals surface area contributed by atoms with Crippen molar-refractivity contribution in [3.8, 4) is 0 Å². The number of nitrogens with two attached hydrogens (primary N) is 1. The second-order valence-electron chi connectivity index (χ2n) is 8.40. The van der Waals surface area contributed by atoms with Crippen molar-refractivity contribution in [2.24, 2.45) is 11.1 Å². The normalized spacial score (nSPS) is 16.0. The third-order valence-corrected chi connectivity index (χ3v) is 6.24. The van der Waals surface area contributed by atoms with E-state index in [0.717, 1.165) is 36.0 Å². The Kier molecular flexibility index (Phi) is 5.95. The number of carbonyl (C=O) groups excluding carboxylic acids is 1. The van der Waals surface area contributed by atoms with Crippen molar-refractivity contribution >= 4 is 16.9 Å². The highest BCUT2D eigenvalue weighted by molar-refractivity contribution is 5.77. The number of benzene rings is 2. The van der Waals surface area contributed by atoms with Crippen LogP contribution in [0.2, 0.25) is 0 Å². The molecule has 1 aromatic heterocycles. The number of hydrogen-bond donors (Lipinski definition) is 2. The van der Waals surface area contributed by atoms with Crippen molar-refractivity contribution in [3.05, 3.63) is 66.0 Å².